The molecule has 2 aromatic heterocycles. The second-order valence-corrected chi connectivity index (χ2v) is 4.33. The highest BCUT2D eigenvalue weighted by Crippen LogP contribution is 2.16. The van der Waals surface area contributed by atoms with Gasteiger partial charge in [0.15, 0.2) is 5.82 Å². The van der Waals surface area contributed by atoms with Crippen LogP contribution in [-0.2, 0) is 6.42 Å². The van der Waals surface area contributed by atoms with Gasteiger partial charge in [-0.05, 0) is 31.0 Å². The average Bonchev–Trinajstić information content (AvgIpc) is 2.39. The molecule has 2 aromatic rings. The van der Waals surface area contributed by atoms with Gasteiger partial charge in [0.2, 0.25) is 0 Å². The largest absolute Gasteiger partial charge is 0.478 e. The van der Waals surface area contributed by atoms with Gasteiger partial charge in [0, 0.05) is 12.4 Å². The predicted molar refractivity (Wildman–Crippen MR) is 71.0 cm³/mol. The van der Waals surface area contributed by atoms with Gasteiger partial charge in [-0.25, -0.2) is 14.8 Å². The van der Waals surface area contributed by atoms with Crippen LogP contribution in [0.4, 0.5) is 0 Å². The number of aromatic nitrogens is 3. The van der Waals surface area contributed by atoms with Gasteiger partial charge in [-0.3, -0.25) is 4.98 Å². The Morgan fingerprint density at radius 2 is 2.16 bits per heavy atom. The smallest absolute Gasteiger partial charge is 0.339 e. The third kappa shape index (κ3) is 2.93. The average molecular weight is 257 g/mol. The molecule has 5 nitrogen and oxygen atoms in total. The number of pyridine rings is 1. The van der Waals surface area contributed by atoms with Crippen LogP contribution in [0.5, 0.6) is 0 Å². The maximum atomic E-state index is 11.1. The van der Waals surface area contributed by atoms with Crippen LogP contribution in [-0.4, -0.2) is 26.0 Å². The Hall–Kier alpha value is -2.30. The lowest BCUT2D eigenvalue weighted by Crippen LogP contribution is -2.07. The zero-order valence-electron chi connectivity index (χ0n) is 10.9. The maximum Gasteiger partial charge on any atom is 0.339 e. The first-order valence-corrected chi connectivity index (χ1v) is 6.14. The van der Waals surface area contributed by atoms with E-state index in [0.29, 0.717) is 23.6 Å². The lowest BCUT2D eigenvalue weighted by molar-refractivity contribution is 0.0694. The molecule has 0 atom stereocenters. The van der Waals surface area contributed by atoms with Gasteiger partial charge in [0.05, 0.1) is 11.3 Å². The summed E-state index contributed by atoms with van der Waals surface area (Å²) in [4.78, 5) is 23.8. The molecule has 0 saturated carbocycles. The fourth-order valence-corrected chi connectivity index (χ4v) is 1.81. The number of carboxylic acids is 1. The highest BCUT2D eigenvalue weighted by Gasteiger charge is 2.14. The van der Waals surface area contributed by atoms with E-state index in [1.165, 1.54) is 6.20 Å². The molecule has 0 aliphatic carbocycles. The van der Waals surface area contributed by atoms with Crippen LogP contribution in [0.3, 0.4) is 0 Å². The minimum absolute atomic E-state index is 0.165. The molecule has 5 heteroatoms. The number of hydrogen-bond acceptors (Lipinski definition) is 4. The van der Waals surface area contributed by atoms with Crippen LogP contribution >= 0.6 is 0 Å². The second-order valence-electron chi connectivity index (χ2n) is 4.33. The molecule has 2 rings (SSSR count). The van der Waals surface area contributed by atoms with Gasteiger partial charge < -0.3 is 5.11 Å². The lowest BCUT2D eigenvalue weighted by atomic mass is 10.1. The number of carbonyl (C=O) groups is 1. The molecule has 1 N–H and O–H groups in total. The normalized spacial score (nSPS) is 10.4. The molecule has 98 valence electrons. The predicted octanol–water partition coefficient (Wildman–Crippen LogP) is 2.50. The van der Waals surface area contributed by atoms with Crippen molar-refractivity contribution >= 4 is 5.97 Å². The van der Waals surface area contributed by atoms with Gasteiger partial charge in [0.1, 0.15) is 5.69 Å². The first kappa shape index (κ1) is 13.1. The fraction of sp³-hybridized carbons (Fsp3) is 0.286. The molecular weight excluding hydrogens is 242 g/mol. The maximum absolute atomic E-state index is 11.1. The van der Waals surface area contributed by atoms with Crippen molar-refractivity contribution in [3.63, 3.8) is 0 Å². The molecule has 0 saturated heterocycles. The van der Waals surface area contributed by atoms with Crippen molar-refractivity contribution in [3.8, 4) is 11.5 Å². The topological polar surface area (TPSA) is 76.0 Å². The second kappa shape index (κ2) is 5.56. The SMILES string of the molecule is CCCc1nc(-c2cc(C)ccn2)ncc1C(=O)O. The van der Waals surface area contributed by atoms with Crippen molar-refractivity contribution in [2.45, 2.75) is 26.7 Å². The molecule has 0 radical (unpaired) electrons. The standard InChI is InChI=1S/C14H15N3O2/c1-3-4-11-10(14(18)19)8-16-13(17-11)12-7-9(2)5-6-15-12/h5-8H,3-4H2,1-2H3,(H,18,19). The number of aromatic carboxylic acids is 1. The van der Waals surface area contributed by atoms with E-state index in [4.69, 9.17) is 5.11 Å². The van der Waals surface area contributed by atoms with Crippen molar-refractivity contribution in [2.75, 3.05) is 0 Å². The van der Waals surface area contributed by atoms with Crippen molar-refractivity contribution in [1.29, 1.82) is 0 Å². The van der Waals surface area contributed by atoms with Crippen molar-refractivity contribution in [3.05, 3.63) is 41.3 Å². The molecule has 0 spiro atoms. The summed E-state index contributed by atoms with van der Waals surface area (Å²) < 4.78 is 0. The summed E-state index contributed by atoms with van der Waals surface area (Å²) in [5, 5.41) is 9.10. The highest BCUT2D eigenvalue weighted by molar-refractivity contribution is 5.88. The van der Waals surface area contributed by atoms with E-state index in [-0.39, 0.29) is 5.56 Å². The number of rotatable bonds is 4. The molecule has 0 unspecified atom stereocenters. The molecule has 0 aliphatic rings. The summed E-state index contributed by atoms with van der Waals surface area (Å²) in [6.07, 6.45) is 4.50. The van der Waals surface area contributed by atoms with E-state index in [1.807, 2.05) is 26.0 Å². The van der Waals surface area contributed by atoms with Crippen LogP contribution in [0.25, 0.3) is 11.5 Å². The summed E-state index contributed by atoms with van der Waals surface area (Å²) in [5.74, 6) is -0.524. The van der Waals surface area contributed by atoms with Crippen LogP contribution in [0, 0.1) is 6.92 Å². The summed E-state index contributed by atoms with van der Waals surface area (Å²) >= 11 is 0. The Bertz CT molecular complexity index is 611. The van der Waals surface area contributed by atoms with E-state index >= 15 is 0 Å². The minimum Gasteiger partial charge on any atom is -0.478 e. The van der Waals surface area contributed by atoms with E-state index in [2.05, 4.69) is 15.0 Å². The zero-order valence-corrected chi connectivity index (χ0v) is 10.9. The number of nitrogens with zero attached hydrogens (tertiary/aromatic N) is 3. The summed E-state index contributed by atoms with van der Waals surface area (Å²) in [7, 11) is 0. The van der Waals surface area contributed by atoms with Gasteiger partial charge in [0.25, 0.3) is 0 Å². The van der Waals surface area contributed by atoms with E-state index in [9.17, 15) is 4.79 Å². The monoisotopic (exact) mass is 257 g/mol. The quantitative estimate of drug-likeness (QED) is 0.910. The van der Waals surface area contributed by atoms with Crippen molar-refractivity contribution in [1.82, 2.24) is 15.0 Å². The van der Waals surface area contributed by atoms with Crippen LogP contribution in [0.15, 0.2) is 24.5 Å². The Labute approximate surface area is 111 Å². The van der Waals surface area contributed by atoms with E-state index < -0.39 is 5.97 Å². The Balaban J connectivity index is 2.48. The molecular formula is C14H15N3O2. The van der Waals surface area contributed by atoms with Gasteiger partial charge in [-0.15, -0.1) is 0 Å². The molecule has 0 amide bonds. The summed E-state index contributed by atoms with van der Waals surface area (Å²) in [6, 6.07) is 3.77. The molecule has 19 heavy (non-hydrogen) atoms. The molecule has 0 bridgehead atoms. The van der Waals surface area contributed by atoms with Crippen LogP contribution in [0.1, 0.15) is 35.0 Å². The van der Waals surface area contributed by atoms with Gasteiger partial charge in [-0.1, -0.05) is 13.3 Å². The van der Waals surface area contributed by atoms with Crippen molar-refractivity contribution < 1.29 is 9.90 Å². The third-order valence-electron chi connectivity index (χ3n) is 2.73. The van der Waals surface area contributed by atoms with Crippen molar-refractivity contribution in [2.24, 2.45) is 0 Å². The summed E-state index contributed by atoms with van der Waals surface area (Å²) in [6.45, 7) is 3.95. The minimum atomic E-state index is -0.993. The molecule has 0 aliphatic heterocycles. The van der Waals surface area contributed by atoms with Crippen LogP contribution < -0.4 is 0 Å². The van der Waals surface area contributed by atoms with Gasteiger partial charge in [-0.2, -0.15) is 0 Å². The number of aryl methyl sites for hydroxylation is 2. The van der Waals surface area contributed by atoms with Crippen LogP contribution in [0.2, 0.25) is 0 Å². The number of hydrogen-bond donors (Lipinski definition) is 1. The molecule has 0 aromatic carbocycles. The molecule has 2 heterocycles. The Kier molecular flexibility index (Phi) is 3.85. The zero-order chi connectivity index (χ0) is 13.8. The van der Waals surface area contributed by atoms with Gasteiger partial charge >= 0.3 is 5.97 Å². The lowest BCUT2D eigenvalue weighted by Gasteiger charge is -2.06. The first-order chi connectivity index (χ1) is 9.11. The molecule has 0 fully saturated rings. The van der Waals surface area contributed by atoms with E-state index in [0.717, 1.165) is 12.0 Å². The van der Waals surface area contributed by atoms with E-state index in [1.54, 1.807) is 6.20 Å². The fourth-order valence-electron chi connectivity index (χ4n) is 1.81. The Morgan fingerprint density at radius 3 is 2.79 bits per heavy atom. The summed E-state index contributed by atoms with van der Waals surface area (Å²) in [5.41, 5.74) is 2.45. The Morgan fingerprint density at radius 1 is 1.37 bits per heavy atom. The highest BCUT2D eigenvalue weighted by atomic mass is 16.4. The third-order valence-corrected chi connectivity index (χ3v) is 2.73. The first-order valence-electron chi connectivity index (χ1n) is 6.14. The number of carboxylic acid groups (broad SMARTS) is 1.